The SMILES string of the molecule is CN1CCC(=C2c3ccccc3OCc3cc(C(=O)OCC([NH])=O)sc32)CC1. The number of likely N-dealkylation sites (tertiary alicyclic amines) is 1. The molecule has 0 aliphatic carbocycles. The van der Waals surface area contributed by atoms with Gasteiger partial charge in [-0.3, -0.25) is 10.5 Å². The predicted molar refractivity (Wildman–Crippen MR) is 106 cm³/mol. The minimum absolute atomic E-state index is 0.379. The van der Waals surface area contributed by atoms with Crippen molar-refractivity contribution in [1.82, 2.24) is 10.6 Å². The molecule has 1 aromatic carbocycles. The summed E-state index contributed by atoms with van der Waals surface area (Å²) in [4.78, 5) is 26.9. The number of carbonyl (C=O) groups is 2. The Hall–Kier alpha value is -2.64. The highest BCUT2D eigenvalue weighted by Crippen LogP contribution is 2.44. The fourth-order valence-corrected chi connectivity index (χ4v) is 4.79. The summed E-state index contributed by atoms with van der Waals surface area (Å²) in [5, 5.41) is 0. The zero-order chi connectivity index (χ0) is 19.7. The van der Waals surface area contributed by atoms with Gasteiger partial charge in [-0.1, -0.05) is 23.8 Å². The number of carbonyl (C=O) groups excluding carboxylic acids is 2. The molecule has 1 N–H and O–H groups in total. The van der Waals surface area contributed by atoms with Gasteiger partial charge in [-0.05, 0) is 32.0 Å². The molecule has 7 heteroatoms. The first-order valence-electron chi connectivity index (χ1n) is 9.20. The molecule has 0 unspecified atom stereocenters. The summed E-state index contributed by atoms with van der Waals surface area (Å²) in [6, 6.07) is 9.82. The molecule has 4 rings (SSSR count). The van der Waals surface area contributed by atoms with Crippen molar-refractivity contribution in [2.75, 3.05) is 26.7 Å². The van der Waals surface area contributed by atoms with Gasteiger partial charge < -0.3 is 14.4 Å². The second-order valence-electron chi connectivity index (χ2n) is 7.03. The molecule has 0 bridgehead atoms. The van der Waals surface area contributed by atoms with Crippen LogP contribution >= 0.6 is 11.3 Å². The monoisotopic (exact) mass is 397 g/mol. The smallest absolute Gasteiger partial charge is 0.348 e. The number of nitrogens with one attached hydrogen (secondary N) is 1. The molecular formula is C21H21N2O4S. The molecule has 2 aliphatic heterocycles. The van der Waals surface area contributed by atoms with Gasteiger partial charge in [-0.25, -0.2) is 4.79 Å². The van der Waals surface area contributed by atoms with Crippen LogP contribution in [0.2, 0.25) is 0 Å². The van der Waals surface area contributed by atoms with Crippen molar-refractivity contribution in [1.29, 1.82) is 0 Å². The molecule has 0 atom stereocenters. The van der Waals surface area contributed by atoms with E-state index in [-0.39, 0.29) is 0 Å². The standard InChI is InChI=1S/C21H21N2O4S/c1-23-8-6-13(7-9-23)19-15-4-2-3-5-16(15)26-11-14-10-17(28-20(14)19)21(25)27-12-18(22)24/h2-5,10,22H,6-9,11-12H2,1H3. The van der Waals surface area contributed by atoms with Gasteiger partial charge in [0.2, 0.25) is 0 Å². The van der Waals surface area contributed by atoms with Gasteiger partial charge in [0.15, 0.2) is 6.61 Å². The highest BCUT2D eigenvalue weighted by Gasteiger charge is 2.27. The molecule has 2 aromatic rings. The van der Waals surface area contributed by atoms with Gasteiger partial charge in [0.1, 0.15) is 17.2 Å². The van der Waals surface area contributed by atoms with Crippen LogP contribution in [-0.2, 0) is 16.1 Å². The zero-order valence-electron chi connectivity index (χ0n) is 15.6. The Kier molecular flexibility index (Phi) is 5.19. The number of thiophene rings is 1. The zero-order valence-corrected chi connectivity index (χ0v) is 16.4. The number of para-hydroxylation sites is 1. The van der Waals surface area contributed by atoms with E-state index in [0.717, 1.165) is 53.3 Å². The van der Waals surface area contributed by atoms with Gasteiger partial charge in [0.05, 0.1) is 0 Å². The van der Waals surface area contributed by atoms with Crippen molar-refractivity contribution in [2.24, 2.45) is 0 Å². The average Bonchev–Trinajstić information content (AvgIpc) is 3.04. The molecule has 145 valence electrons. The van der Waals surface area contributed by atoms with E-state index in [9.17, 15) is 9.59 Å². The summed E-state index contributed by atoms with van der Waals surface area (Å²) in [7, 11) is 2.13. The Morgan fingerprint density at radius 1 is 1.25 bits per heavy atom. The Balaban J connectivity index is 1.78. The van der Waals surface area contributed by atoms with Gasteiger partial charge in [-0.2, -0.15) is 0 Å². The first-order chi connectivity index (χ1) is 13.5. The normalized spacial score (nSPS) is 16.6. The van der Waals surface area contributed by atoms with Crippen LogP contribution in [0.5, 0.6) is 5.75 Å². The predicted octanol–water partition coefficient (Wildman–Crippen LogP) is 3.13. The number of rotatable bonds is 3. The third kappa shape index (κ3) is 3.68. The summed E-state index contributed by atoms with van der Waals surface area (Å²) in [6.45, 7) is 1.86. The van der Waals surface area contributed by atoms with Crippen LogP contribution in [0.15, 0.2) is 35.9 Å². The molecule has 1 saturated heterocycles. The number of benzene rings is 1. The van der Waals surface area contributed by atoms with Crippen molar-refractivity contribution in [3.8, 4) is 5.75 Å². The van der Waals surface area contributed by atoms with Crippen molar-refractivity contribution in [3.63, 3.8) is 0 Å². The third-order valence-electron chi connectivity index (χ3n) is 5.06. The van der Waals surface area contributed by atoms with Gasteiger partial charge in [0, 0.05) is 34.7 Å². The largest absolute Gasteiger partial charge is 0.488 e. The van der Waals surface area contributed by atoms with E-state index in [0.29, 0.717) is 11.5 Å². The molecular weight excluding hydrogens is 376 g/mol. The minimum atomic E-state index is -0.919. The number of amides is 1. The Labute approximate surface area is 167 Å². The number of piperidine rings is 1. The molecule has 0 spiro atoms. The van der Waals surface area contributed by atoms with Crippen LogP contribution in [0.25, 0.3) is 5.57 Å². The summed E-state index contributed by atoms with van der Waals surface area (Å²) >= 11 is 1.38. The number of nitrogens with zero attached hydrogens (tertiary/aromatic N) is 1. The quantitative estimate of drug-likeness (QED) is 0.744. The van der Waals surface area contributed by atoms with Crippen LogP contribution < -0.4 is 10.5 Å². The van der Waals surface area contributed by atoms with E-state index in [4.69, 9.17) is 15.2 Å². The number of hydrogen-bond acceptors (Lipinski definition) is 6. The first kappa shape index (κ1) is 18.7. The summed E-state index contributed by atoms with van der Waals surface area (Å²) < 4.78 is 11.0. The summed E-state index contributed by atoms with van der Waals surface area (Å²) in [5.41, 5.74) is 11.5. The van der Waals surface area contributed by atoms with Gasteiger partial charge in [-0.15, -0.1) is 11.3 Å². The lowest BCUT2D eigenvalue weighted by atomic mass is 9.91. The number of ether oxygens (including phenoxy) is 2. The highest BCUT2D eigenvalue weighted by atomic mass is 32.1. The lowest BCUT2D eigenvalue weighted by molar-refractivity contribution is -0.121. The maximum Gasteiger partial charge on any atom is 0.348 e. The maximum absolute atomic E-state index is 12.3. The van der Waals surface area contributed by atoms with Crippen molar-refractivity contribution in [3.05, 3.63) is 56.8 Å². The van der Waals surface area contributed by atoms with Crippen LogP contribution in [0.1, 0.15) is 38.5 Å². The lowest BCUT2D eigenvalue weighted by Crippen LogP contribution is -2.26. The van der Waals surface area contributed by atoms with Crippen molar-refractivity contribution in [2.45, 2.75) is 19.4 Å². The lowest BCUT2D eigenvalue weighted by Gasteiger charge is -2.26. The number of esters is 1. The summed E-state index contributed by atoms with van der Waals surface area (Å²) in [5.74, 6) is -0.631. The van der Waals surface area contributed by atoms with Crippen molar-refractivity contribution >= 4 is 28.8 Å². The third-order valence-corrected chi connectivity index (χ3v) is 6.23. The number of hydrogen-bond donors (Lipinski definition) is 0. The second kappa shape index (κ2) is 7.77. The van der Waals surface area contributed by atoms with Gasteiger partial charge in [0.25, 0.3) is 5.91 Å². The van der Waals surface area contributed by atoms with Gasteiger partial charge >= 0.3 is 5.97 Å². The Morgan fingerprint density at radius 3 is 2.75 bits per heavy atom. The molecule has 1 fully saturated rings. The fraction of sp³-hybridized carbons (Fsp3) is 0.333. The first-order valence-corrected chi connectivity index (χ1v) is 10.0. The van der Waals surface area contributed by atoms with Crippen LogP contribution in [0, 0.1) is 0 Å². The molecule has 1 radical (unpaired) electrons. The van der Waals surface area contributed by atoms with E-state index in [1.807, 2.05) is 18.2 Å². The topological polar surface area (TPSA) is 79.6 Å². The minimum Gasteiger partial charge on any atom is -0.488 e. The summed E-state index contributed by atoms with van der Waals surface area (Å²) in [6.07, 6.45) is 1.95. The Morgan fingerprint density at radius 2 is 2.00 bits per heavy atom. The molecule has 0 saturated carbocycles. The highest BCUT2D eigenvalue weighted by molar-refractivity contribution is 7.15. The molecule has 1 amide bonds. The average molecular weight is 397 g/mol. The molecule has 1 aromatic heterocycles. The van der Waals surface area contributed by atoms with E-state index >= 15 is 0 Å². The van der Waals surface area contributed by atoms with E-state index < -0.39 is 18.5 Å². The van der Waals surface area contributed by atoms with E-state index in [1.165, 1.54) is 16.9 Å². The van der Waals surface area contributed by atoms with Crippen molar-refractivity contribution < 1.29 is 19.1 Å². The van der Waals surface area contributed by atoms with Crippen LogP contribution in [-0.4, -0.2) is 43.5 Å². The van der Waals surface area contributed by atoms with Crippen LogP contribution in [0.4, 0.5) is 0 Å². The van der Waals surface area contributed by atoms with E-state index in [1.54, 1.807) is 6.07 Å². The second-order valence-corrected chi connectivity index (χ2v) is 8.08. The molecule has 3 heterocycles. The Bertz CT molecular complexity index is 953. The molecule has 28 heavy (non-hydrogen) atoms. The van der Waals surface area contributed by atoms with E-state index in [2.05, 4.69) is 18.0 Å². The molecule has 6 nitrogen and oxygen atoms in total. The maximum atomic E-state index is 12.3. The number of fused-ring (bicyclic) bond motifs is 2. The fourth-order valence-electron chi connectivity index (χ4n) is 3.62. The molecule has 2 aliphatic rings. The van der Waals surface area contributed by atoms with Crippen LogP contribution in [0.3, 0.4) is 0 Å².